The molecule has 98 valence electrons. The third kappa shape index (κ3) is 2.67. The van der Waals surface area contributed by atoms with Crippen LogP contribution in [0.25, 0.3) is 11.3 Å². The molecule has 0 aliphatic heterocycles. The normalized spacial score (nSPS) is 10.2. The summed E-state index contributed by atoms with van der Waals surface area (Å²) in [6.07, 6.45) is 6.45. The fourth-order valence-corrected chi connectivity index (χ4v) is 2.06. The van der Waals surface area contributed by atoms with Gasteiger partial charge in [-0.1, -0.05) is 6.07 Å². The van der Waals surface area contributed by atoms with Gasteiger partial charge in [0, 0.05) is 24.2 Å². The van der Waals surface area contributed by atoms with Gasteiger partial charge in [-0.3, -0.25) is 20.1 Å². The van der Waals surface area contributed by atoms with E-state index in [-0.39, 0.29) is 11.9 Å². The summed E-state index contributed by atoms with van der Waals surface area (Å²) in [5.74, 6) is -0.0128. The van der Waals surface area contributed by atoms with Crippen molar-refractivity contribution in [3.05, 3.63) is 53.4 Å². The topological polar surface area (TPSA) is 80.7 Å². The van der Waals surface area contributed by atoms with E-state index in [1.165, 1.54) is 17.5 Å². The molecule has 0 bridgehead atoms. The first-order valence-corrected chi connectivity index (χ1v) is 6.64. The van der Waals surface area contributed by atoms with Crippen LogP contribution in [0.15, 0.2) is 48.5 Å². The predicted molar refractivity (Wildman–Crippen MR) is 75.3 cm³/mol. The number of aromatic nitrogens is 4. The number of anilines is 1. The molecule has 0 aliphatic rings. The van der Waals surface area contributed by atoms with E-state index >= 15 is 0 Å². The molecular formula is C13H9N5OS. The first-order valence-electron chi connectivity index (χ1n) is 5.76. The second-order valence-corrected chi connectivity index (χ2v) is 4.72. The van der Waals surface area contributed by atoms with Crippen molar-refractivity contribution in [2.45, 2.75) is 0 Å². The van der Waals surface area contributed by atoms with Crippen LogP contribution >= 0.6 is 11.3 Å². The molecular weight excluding hydrogens is 274 g/mol. The van der Waals surface area contributed by atoms with Gasteiger partial charge in [-0.25, -0.2) is 9.97 Å². The van der Waals surface area contributed by atoms with E-state index in [0.717, 1.165) is 11.3 Å². The van der Waals surface area contributed by atoms with Gasteiger partial charge in [0.1, 0.15) is 4.88 Å². The molecule has 1 N–H and O–H groups in total. The van der Waals surface area contributed by atoms with Gasteiger partial charge in [0.15, 0.2) is 0 Å². The third-order valence-corrected chi connectivity index (χ3v) is 3.27. The lowest BCUT2D eigenvalue weighted by molar-refractivity contribution is 0.102. The molecule has 0 aromatic carbocycles. The van der Waals surface area contributed by atoms with Gasteiger partial charge in [-0.2, -0.15) is 0 Å². The number of pyridine rings is 1. The molecule has 0 fully saturated rings. The van der Waals surface area contributed by atoms with Crippen LogP contribution in [0.4, 0.5) is 5.95 Å². The summed E-state index contributed by atoms with van der Waals surface area (Å²) < 4.78 is 0. The van der Waals surface area contributed by atoms with Crippen LogP contribution in [0.3, 0.4) is 0 Å². The monoisotopic (exact) mass is 283 g/mol. The summed E-state index contributed by atoms with van der Waals surface area (Å²) in [6, 6.07) is 5.60. The Hall–Kier alpha value is -2.67. The van der Waals surface area contributed by atoms with Crippen LogP contribution in [0.1, 0.15) is 9.67 Å². The third-order valence-electron chi connectivity index (χ3n) is 2.49. The lowest BCUT2D eigenvalue weighted by Gasteiger charge is -2.03. The predicted octanol–water partition coefficient (Wildman–Crippen LogP) is 2.25. The van der Waals surface area contributed by atoms with E-state index in [9.17, 15) is 4.79 Å². The summed E-state index contributed by atoms with van der Waals surface area (Å²) >= 11 is 1.26. The fraction of sp³-hybridized carbons (Fsp3) is 0. The van der Waals surface area contributed by atoms with Gasteiger partial charge in [-0.05, 0) is 12.1 Å². The molecule has 3 heterocycles. The van der Waals surface area contributed by atoms with Gasteiger partial charge < -0.3 is 0 Å². The fourth-order valence-electron chi connectivity index (χ4n) is 1.55. The molecule has 0 atom stereocenters. The number of amides is 1. The molecule has 0 aliphatic carbocycles. The summed E-state index contributed by atoms with van der Waals surface area (Å²) in [6.45, 7) is 0. The highest BCUT2D eigenvalue weighted by molar-refractivity contribution is 7.11. The Morgan fingerprint density at radius 3 is 2.60 bits per heavy atom. The molecule has 3 aromatic rings. The van der Waals surface area contributed by atoms with Crippen LogP contribution < -0.4 is 5.32 Å². The van der Waals surface area contributed by atoms with Crippen molar-refractivity contribution in [2.24, 2.45) is 0 Å². The highest BCUT2D eigenvalue weighted by Gasteiger charge is 2.09. The number of carbonyl (C=O) groups excluding carboxylic acids is 1. The molecule has 0 spiro atoms. The van der Waals surface area contributed by atoms with Gasteiger partial charge in [0.05, 0.1) is 17.4 Å². The summed E-state index contributed by atoms with van der Waals surface area (Å²) in [7, 11) is 0. The maximum atomic E-state index is 11.8. The minimum Gasteiger partial charge on any atom is -0.290 e. The van der Waals surface area contributed by atoms with Crippen molar-refractivity contribution in [3.8, 4) is 11.3 Å². The zero-order chi connectivity index (χ0) is 13.8. The Balaban J connectivity index is 1.75. The maximum absolute atomic E-state index is 11.8. The van der Waals surface area contributed by atoms with Crippen molar-refractivity contribution < 1.29 is 4.79 Å². The minimum absolute atomic E-state index is 0.253. The second kappa shape index (κ2) is 5.54. The Morgan fingerprint density at radius 1 is 1.10 bits per heavy atom. The van der Waals surface area contributed by atoms with Gasteiger partial charge in [0.2, 0.25) is 5.95 Å². The molecule has 0 unspecified atom stereocenters. The first-order chi connectivity index (χ1) is 9.83. The largest absolute Gasteiger partial charge is 0.290 e. The van der Waals surface area contributed by atoms with Crippen LogP contribution in [-0.4, -0.2) is 25.8 Å². The first kappa shape index (κ1) is 12.4. The van der Waals surface area contributed by atoms with E-state index in [0.29, 0.717) is 4.88 Å². The Kier molecular flexibility index (Phi) is 3.42. The van der Waals surface area contributed by atoms with Gasteiger partial charge in [0.25, 0.3) is 5.91 Å². The van der Waals surface area contributed by atoms with E-state index in [1.54, 1.807) is 24.1 Å². The Bertz CT molecular complexity index is 697. The molecule has 0 radical (unpaired) electrons. The maximum Gasteiger partial charge on any atom is 0.269 e. The van der Waals surface area contributed by atoms with Crippen LogP contribution in [0.5, 0.6) is 0 Å². The number of rotatable bonds is 3. The number of nitrogens with zero attached hydrogens (tertiary/aromatic N) is 4. The molecule has 7 heteroatoms. The second-order valence-electron chi connectivity index (χ2n) is 3.83. The highest BCUT2D eigenvalue weighted by atomic mass is 32.1. The highest BCUT2D eigenvalue weighted by Crippen LogP contribution is 2.15. The molecule has 0 saturated heterocycles. The SMILES string of the molecule is O=C(Nc1ncc(-c2ccccn2)cn1)c1cncs1. The van der Waals surface area contributed by atoms with Gasteiger partial charge in [-0.15, -0.1) is 11.3 Å². The van der Waals surface area contributed by atoms with E-state index in [1.807, 2.05) is 18.2 Å². The van der Waals surface area contributed by atoms with Crippen molar-refractivity contribution >= 4 is 23.2 Å². The Labute approximate surface area is 118 Å². The molecule has 1 amide bonds. The van der Waals surface area contributed by atoms with Crippen molar-refractivity contribution in [1.29, 1.82) is 0 Å². The number of hydrogen-bond donors (Lipinski definition) is 1. The molecule has 20 heavy (non-hydrogen) atoms. The van der Waals surface area contributed by atoms with E-state index in [2.05, 4.69) is 25.3 Å². The number of hydrogen-bond acceptors (Lipinski definition) is 6. The summed E-state index contributed by atoms with van der Waals surface area (Å²) in [5, 5.41) is 2.61. The molecule has 0 saturated carbocycles. The standard InChI is InChI=1S/C13H9N5OS/c19-12(11-7-14-8-20-11)18-13-16-5-9(6-17-13)10-3-1-2-4-15-10/h1-8H,(H,16,17,18,19). The van der Waals surface area contributed by atoms with Gasteiger partial charge >= 0.3 is 0 Å². The van der Waals surface area contributed by atoms with E-state index < -0.39 is 0 Å². The van der Waals surface area contributed by atoms with Crippen molar-refractivity contribution in [2.75, 3.05) is 5.32 Å². The number of nitrogens with one attached hydrogen (secondary N) is 1. The summed E-state index contributed by atoms with van der Waals surface area (Å²) in [5.41, 5.74) is 3.18. The van der Waals surface area contributed by atoms with Crippen molar-refractivity contribution in [1.82, 2.24) is 19.9 Å². The van der Waals surface area contributed by atoms with Crippen LogP contribution in [0, 0.1) is 0 Å². The summed E-state index contributed by atoms with van der Waals surface area (Å²) in [4.78, 5) is 28.6. The zero-order valence-electron chi connectivity index (χ0n) is 10.2. The average molecular weight is 283 g/mol. The van der Waals surface area contributed by atoms with Crippen LogP contribution in [-0.2, 0) is 0 Å². The Morgan fingerprint density at radius 2 is 1.95 bits per heavy atom. The average Bonchev–Trinajstić information content (AvgIpc) is 3.03. The number of thiazole rings is 1. The molecule has 3 aromatic heterocycles. The van der Waals surface area contributed by atoms with Crippen LogP contribution in [0.2, 0.25) is 0 Å². The quantitative estimate of drug-likeness (QED) is 0.797. The number of carbonyl (C=O) groups is 1. The smallest absolute Gasteiger partial charge is 0.269 e. The van der Waals surface area contributed by atoms with E-state index in [4.69, 9.17) is 0 Å². The molecule has 3 rings (SSSR count). The minimum atomic E-state index is -0.266. The lowest BCUT2D eigenvalue weighted by Crippen LogP contribution is -2.12. The van der Waals surface area contributed by atoms with Crippen molar-refractivity contribution in [3.63, 3.8) is 0 Å². The lowest BCUT2D eigenvalue weighted by atomic mass is 10.2. The molecule has 6 nitrogen and oxygen atoms in total. The zero-order valence-corrected chi connectivity index (χ0v) is 11.0.